The first kappa shape index (κ1) is 14.8. The molecule has 1 atom stereocenters. The summed E-state index contributed by atoms with van der Waals surface area (Å²) >= 11 is 0. The minimum Gasteiger partial charge on any atom is -0.469 e. The monoisotopic (exact) mass is 298 g/mol. The van der Waals surface area contributed by atoms with Crippen LogP contribution in [0, 0.1) is 6.92 Å². The van der Waals surface area contributed by atoms with E-state index in [0.717, 1.165) is 5.76 Å². The summed E-state index contributed by atoms with van der Waals surface area (Å²) in [6.45, 7) is 3.62. The van der Waals surface area contributed by atoms with Crippen LogP contribution < -0.4 is 10.5 Å². The van der Waals surface area contributed by atoms with Crippen molar-refractivity contribution in [3.63, 3.8) is 0 Å². The highest BCUT2D eigenvalue weighted by Crippen LogP contribution is 2.16. The minimum atomic E-state index is -3.70. The Balaban J connectivity index is 2.14. The Morgan fingerprint density at radius 1 is 1.55 bits per heavy atom. The van der Waals surface area contributed by atoms with Crippen molar-refractivity contribution in [1.29, 1.82) is 0 Å². The Morgan fingerprint density at radius 3 is 2.90 bits per heavy atom. The van der Waals surface area contributed by atoms with E-state index in [2.05, 4.69) is 14.9 Å². The average Bonchev–Trinajstić information content (AvgIpc) is 2.97. The fraction of sp³-hybridized carbons (Fsp3) is 0.417. The Kier molecular flexibility index (Phi) is 4.26. The van der Waals surface area contributed by atoms with Crippen molar-refractivity contribution in [2.45, 2.75) is 37.9 Å². The van der Waals surface area contributed by atoms with E-state index in [4.69, 9.17) is 10.2 Å². The van der Waals surface area contributed by atoms with Gasteiger partial charge >= 0.3 is 0 Å². The van der Waals surface area contributed by atoms with Crippen LogP contribution in [0.1, 0.15) is 23.9 Å². The van der Waals surface area contributed by atoms with Gasteiger partial charge in [-0.15, -0.1) is 0 Å². The molecule has 20 heavy (non-hydrogen) atoms. The summed E-state index contributed by atoms with van der Waals surface area (Å²) in [5.41, 5.74) is 6.73. The first-order chi connectivity index (χ1) is 9.44. The van der Waals surface area contributed by atoms with E-state index in [1.165, 1.54) is 0 Å². The summed E-state index contributed by atoms with van der Waals surface area (Å²) in [5, 5.41) is 6.44. The fourth-order valence-corrected chi connectivity index (χ4v) is 3.44. The molecule has 2 aromatic rings. The highest BCUT2D eigenvalue weighted by atomic mass is 32.2. The molecule has 0 aliphatic carbocycles. The van der Waals surface area contributed by atoms with E-state index in [1.54, 1.807) is 32.2 Å². The average molecular weight is 298 g/mol. The van der Waals surface area contributed by atoms with Crippen LogP contribution in [0.3, 0.4) is 0 Å². The van der Waals surface area contributed by atoms with Crippen LogP contribution in [0.4, 0.5) is 0 Å². The Hall–Kier alpha value is -1.64. The number of aryl methyl sites for hydroxylation is 1. The summed E-state index contributed by atoms with van der Waals surface area (Å²) < 4.78 is 32.3. The van der Waals surface area contributed by atoms with Crippen molar-refractivity contribution in [3.8, 4) is 0 Å². The van der Waals surface area contributed by atoms with E-state index >= 15 is 0 Å². The van der Waals surface area contributed by atoms with Gasteiger partial charge in [-0.1, -0.05) is 0 Å². The predicted molar refractivity (Wildman–Crippen MR) is 73.4 cm³/mol. The van der Waals surface area contributed by atoms with Gasteiger partial charge in [-0.3, -0.25) is 5.10 Å². The maximum atomic E-state index is 12.3. The van der Waals surface area contributed by atoms with Gasteiger partial charge in [0.1, 0.15) is 5.76 Å². The predicted octanol–water partition coefficient (Wildman–Crippen LogP) is 0.679. The lowest BCUT2D eigenvalue weighted by Gasteiger charge is -2.12. The number of sulfonamides is 1. The van der Waals surface area contributed by atoms with Crippen molar-refractivity contribution >= 4 is 10.0 Å². The highest BCUT2D eigenvalue weighted by molar-refractivity contribution is 7.89. The first-order valence-corrected chi connectivity index (χ1v) is 7.71. The van der Waals surface area contributed by atoms with Crippen LogP contribution in [0.2, 0.25) is 0 Å². The number of rotatable bonds is 6. The quantitative estimate of drug-likeness (QED) is 0.725. The molecule has 7 nitrogen and oxygen atoms in total. The third kappa shape index (κ3) is 3.09. The van der Waals surface area contributed by atoms with Gasteiger partial charge in [0.15, 0.2) is 5.03 Å². The molecule has 2 heterocycles. The largest absolute Gasteiger partial charge is 0.469 e. The molecule has 0 aromatic carbocycles. The molecule has 0 saturated carbocycles. The molecule has 0 spiro atoms. The second-order valence-electron chi connectivity index (χ2n) is 4.64. The van der Waals surface area contributed by atoms with Gasteiger partial charge in [0.25, 0.3) is 10.0 Å². The van der Waals surface area contributed by atoms with Gasteiger partial charge in [-0.2, -0.15) is 5.10 Å². The number of nitrogens with zero attached hydrogens (tertiary/aromatic N) is 1. The zero-order chi connectivity index (χ0) is 14.8. The van der Waals surface area contributed by atoms with Gasteiger partial charge in [0.2, 0.25) is 0 Å². The number of aromatic nitrogens is 2. The summed E-state index contributed by atoms with van der Waals surface area (Å²) in [5.74, 6) is 0.720. The maximum Gasteiger partial charge on any atom is 0.260 e. The molecule has 2 aromatic heterocycles. The fourth-order valence-electron chi connectivity index (χ4n) is 1.99. The van der Waals surface area contributed by atoms with E-state index in [9.17, 15) is 8.42 Å². The number of nitrogens with one attached hydrogen (secondary N) is 2. The van der Waals surface area contributed by atoms with Gasteiger partial charge in [-0.25, -0.2) is 13.1 Å². The number of H-pyrrole nitrogens is 1. The molecule has 110 valence electrons. The normalized spacial score (nSPS) is 13.6. The number of hydrogen-bond donors (Lipinski definition) is 3. The van der Waals surface area contributed by atoms with Crippen molar-refractivity contribution in [2.24, 2.45) is 5.73 Å². The van der Waals surface area contributed by atoms with Crippen LogP contribution in [0.5, 0.6) is 0 Å². The lowest BCUT2D eigenvalue weighted by atomic mass is 10.2. The van der Waals surface area contributed by atoms with Crippen LogP contribution in [0.25, 0.3) is 0 Å². The molecule has 0 bridgehead atoms. The zero-order valence-corrected chi connectivity index (χ0v) is 12.2. The Labute approximate surface area is 117 Å². The van der Waals surface area contributed by atoms with Crippen LogP contribution in [-0.4, -0.2) is 24.7 Å². The third-order valence-corrected chi connectivity index (χ3v) is 4.50. The summed E-state index contributed by atoms with van der Waals surface area (Å²) in [6, 6.07) is 3.25. The molecule has 0 radical (unpaired) electrons. The zero-order valence-electron chi connectivity index (χ0n) is 11.4. The van der Waals surface area contributed by atoms with Crippen LogP contribution >= 0.6 is 0 Å². The number of hydrogen-bond acceptors (Lipinski definition) is 5. The minimum absolute atomic E-state index is 0.0382. The van der Waals surface area contributed by atoms with E-state index < -0.39 is 10.0 Å². The van der Waals surface area contributed by atoms with Crippen molar-refractivity contribution in [1.82, 2.24) is 14.9 Å². The molecule has 0 fully saturated rings. The van der Waals surface area contributed by atoms with Gasteiger partial charge < -0.3 is 10.2 Å². The van der Waals surface area contributed by atoms with Gasteiger partial charge in [-0.05, 0) is 26.0 Å². The smallest absolute Gasteiger partial charge is 0.260 e. The second kappa shape index (κ2) is 5.78. The Bertz CT molecular complexity index is 661. The SMILES string of the molecule is Cc1[nH]nc(S(=O)(=O)NC(C)Cc2ccco2)c1CN. The highest BCUT2D eigenvalue weighted by Gasteiger charge is 2.25. The lowest BCUT2D eigenvalue weighted by molar-refractivity contribution is 0.478. The molecule has 8 heteroatoms. The molecule has 0 aliphatic heterocycles. The number of aromatic amines is 1. The van der Waals surface area contributed by atoms with Gasteiger partial charge in [0.05, 0.1) is 6.26 Å². The maximum absolute atomic E-state index is 12.3. The molecule has 0 saturated heterocycles. The molecule has 1 unspecified atom stereocenters. The van der Waals surface area contributed by atoms with Gasteiger partial charge in [0, 0.05) is 30.3 Å². The van der Waals surface area contributed by atoms with E-state index in [1.807, 2.05) is 0 Å². The molecule has 4 N–H and O–H groups in total. The van der Waals surface area contributed by atoms with Crippen molar-refractivity contribution < 1.29 is 12.8 Å². The summed E-state index contributed by atoms with van der Waals surface area (Å²) in [4.78, 5) is 0. The third-order valence-electron chi connectivity index (χ3n) is 2.94. The first-order valence-electron chi connectivity index (χ1n) is 6.22. The topological polar surface area (TPSA) is 114 Å². The summed E-state index contributed by atoms with van der Waals surface area (Å²) in [6.07, 6.45) is 2.02. The van der Waals surface area contributed by atoms with E-state index in [0.29, 0.717) is 17.7 Å². The molecule has 0 aliphatic rings. The van der Waals surface area contributed by atoms with Crippen LogP contribution in [0.15, 0.2) is 27.8 Å². The molecule has 0 amide bonds. The van der Waals surface area contributed by atoms with Crippen LogP contribution in [-0.2, 0) is 23.0 Å². The number of nitrogens with two attached hydrogens (primary N) is 1. The van der Waals surface area contributed by atoms with Crippen molar-refractivity contribution in [2.75, 3.05) is 0 Å². The van der Waals surface area contributed by atoms with Crippen molar-refractivity contribution in [3.05, 3.63) is 35.4 Å². The number of furan rings is 1. The van der Waals surface area contributed by atoms with E-state index in [-0.39, 0.29) is 17.6 Å². The Morgan fingerprint density at radius 2 is 2.30 bits per heavy atom. The summed E-state index contributed by atoms with van der Waals surface area (Å²) in [7, 11) is -3.70. The second-order valence-corrected chi connectivity index (χ2v) is 6.27. The molecular formula is C12H18N4O3S. The molecule has 2 rings (SSSR count). The lowest BCUT2D eigenvalue weighted by Crippen LogP contribution is -2.34. The molecular weight excluding hydrogens is 280 g/mol. The standard InChI is InChI=1S/C12H18N4O3S/c1-8(6-10-4-3-5-19-10)16-20(17,18)12-11(7-13)9(2)14-15-12/h3-5,8,16H,6-7,13H2,1-2H3,(H,14,15).